The third kappa shape index (κ3) is 1.22. The molecule has 12 heavy (non-hydrogen) atoms. The zero-order valence-electron chi connectivity index (χ0n) is 7.12. The first-order chi connectivity index (χ1) is 5.74. The Bertz CT molecular complexity index is 187. The molecule has 0 radical (unpaired) electrons. The van der Waals surface area contributed by atoms with Crippen LogP contribution >= 0.6 is 0 Å². The topological polar surface area (TPSA) is 49.3 Å². The molecule has 1 spiro atoms. The maximum absolute atomic E-state index is 10.2. The molecule has 1 atom stereocenters. The number of aliphatic hydroxyl groups excluding tert-OH is 1. The molecule has 2 aliphatic carbocycles. The monoisotopic (exact) mass is 169 g/mol. The smallest absolute Gasteiger partial charge is 0.207 e. The summed E-state index contributed by atoms with van der Waals surface area (Å²) in [5.41, 5.74) is 0.389. The van der Waals surface area contributed by atoms with Gasteiger partial charge in [0.05, 0.1) is 6.10 Å². The molecule has 0 bridgehead atoms. The predicted molar refractivity (Wildman–Crippen MR) is 44.5 cm³/mol. The zero-order valence-corrected chi connectivity index (χ0v) is 7.12. The van der Waals surface area contributed by atoms with Crippen molar-refractivity contribution in [1.82, 2.24) is 5.32 Å². The lowest BCUT2D eigenvalue weighted by molar-refractivity contribution is -0.110. The van der Waals surface area contributed by atoms with Crippen molar-refractivity contribution in [1.29, 1.82) is 0 Å². The molecule has 0 unspecified atom stereocenters. The van der Waals surface area contributed by atoms with Gasteiger partial charge in [-0.25, -0.2) is 0 Å². The van der Waals surface area contributed by atoms with Gasteiger partial charge in [0.15, 0.2) is 0 Å². The van der Waals surface area contributed by atoms with Crippen LogP contribution in [0.2, 0.25) is 0 Å². The van der Waals surface area contributed by atoms with Crippen LogP contribution in [0.15, 0.2) is 0 Å². The van der Waals surface area contributed by atoms with Crippen molar-refractivity contribution in [3.63, 3.8) is 0 Å². The van der Waals surface area contributed by atoms with Crippen molar-refractivity contribution in [2.24, 2.45) is 5.41 Å². The molecule has 0 saturated heterocycles. The summed E-state index contributed by atoms with van der Waals surface area (Å²) in [6, 6.07) is 0.370. The van der Waals surface area contributed by atoms with Crippen LogP contribution in [0.5, 0.6) is 0 Å². The molecule has 0 aromatic rings. The predicted octanol–water partition coefficient (Wildman–Crippen LogP) is 0.426. The lowest BCUT2D eigenvalue weighted by Gasteiger charge is -2.42. The Morgan fingerprint density at radius 2 is 2.17 bits per heavy atom. The van der Waals surface area contributed by atoms with E-state index in [1.165, 1.54) is 6.42 Å². The second-order valence-corrected chi connectivity index (χ2v) is 4.29. The second kappa shape index (κ2) is 2.73. The lowest BCUT2D eigenvalue weighted by atomic mass is 9.65. The quantitative estimate of drug-likeness (QED) is 0.589. The highest BCUT2D eigenvalue weighted by atomic mass is 16.3. The van der Waals surface area contributed by atoms with Crippen molar-refractivity contribution in [3.05, 3.63) is 0 Å². The lowest BCUT2D eigenvalue weighted by Crippen LogP contribution is -2.40. The number of nitrogens with one attached hydrogen (secondary N) is 1. The normalized spacial score (nSPS) is 45.8. The second-order valence-electron chi connectivity index (χ2n) is 4.29. The molecule has 2 fully saturated rings. The molecule has 0 aromatic carbocycles. The van der Waals surface area contributed by atoms with Crippen LogP contribution in [0.1, 0.15) is 32.1 Å². The van der Waals surface area contributed by atoms with Gasteiger partial charge in [-0.2, -0.15) is 0 Å². The fraction of sp³-hybridized carbons (Fsp3) is 0.889. The minimum absolute atomic E-state index is 0.0695. The highest BCUT2D eigenvalue weighted by Gasteiger charge is 2.48. The van der Waals surface area contributed by atoms with E-state index in [4.69, 9.17) is 0 Å². The molecule has 3 heteroatoms. The molecule has 0 heterocycles. The highest BCUT2D eigenvalue weighted by molar-refractivity contribution is 5.46. The van der Waals surface area contributed by atoms with Gasteiger partial charge >= 0.3 is 0 Å². The largest absolute Gasteiger partial charge is 0.393 e. The van der Waals surface area contributed by atoms with Crippen molar-refractivity contribution in [2.45, 2.75) is 44.2 Å². The number of amides is 1. The number of hydrogen-bond acceptors (Lipinski definition) is 2. The zero-order chi connectivity index (χ0) is 8.60. The van der Waals surface area contributed by atoms with Crippen LogP contribution in [-0.4, -0.2) is 23.7 Å². The Morgan fingerprint density at radius 1 is 1.42 bits per heavy atom. The van der Waals surface area contributed by atoms with E-state index in [2.05, 4.69) is 5.32 Å². The summed E-state index contributed by atoms with van der Waals surface area (Å²) in [5, 5.41) is 12.0. The van der Waals surface area contributed by atoms with E-state index in [1.807, 2.05) is 0 Å². The number of rotatable bonds is 2. The third-order valence-electron chi connectivity index (χ3n) is 3.34. The average molecular weight is 169 g/mol. The van der Waals surface area contributed by atoms with E-state index >= 15 is 0 Å². The van der Waals surface area contributed by atoms with Gasteiger partial charge in [0, 0.05) is 6.04 Å². The molecular formula is C9H15NO2. The Balaban J connectivity index is 1.86. The summed E-state index contributed by atoms with van der Waals surface area (Å²) < 4.78 is 0. The first-order valence-electron chi connectivity index (χ1n) is 4.62. The van der Waals surface area contributed by atoms with Crippen molar-refractivity contribution in [2.75, 3.05) is 0 Å². The maximum atomic E-state index is 10.2. The minimum Gasteiger partial charge on any atom is -0.393 e. The summed E-state index contributed by atoms with van der Waals surface area (Å²) in [6.45, 7) is 0. The number of hydrogen-bond donors (Lipinski definition) is 2. The van der Waals surface area contributed by atoms with E-state index in [9.17, 15) is 9.90 Å². The van der Waals surface area contributed by atoms with Crippen molar-refractivity contribution in [3.8, 4) is 0 Å². The summed E-state index contributed by atoms with van der Waals surface area (Å²) in [6.07, 6.45) is 5.96. The van der Waals surface area contributed by atoms with Crippen molar-refractivity contribution < 1.29 is 9.90 Å². The van der Waals surface area contributed by atoms with Gasteiger partial charge in [-0.05, 0) is 37.5 Å². The van der Waals surface area contributed by atoms with E-state index in [-0.39, 0.29) is 6.10 Å². The number of aliphatic hydroxyl groups is 1. The molecule has 2 N–H and O–H groups in total. The number of carbonyl (C=O) groups excluding carboxylic acids is 1. The maximum Gasteiger partial charge on any atom is 0.207 e. The Morgan fingerprint density at radius 3 is 2.75 bits per heavy atom. The standard InChI is InChI=1S/C9H15NO2/c11-6-10-7-1-2-9(3-7)4-8(12)5-9/h6-8,12H,1-5H2,(H,10,11)/t7-,8?,9?/m0/s1. The van der Waals surface area contributed by atoms with Gasteiger partial charge in [-0.15, -0.1) is 0 Å². The molecule has 2 rings (SSSR count). The van der Waals surface area contributed by atoms with Crippen molar-refractivity contribution >= 4 is 6.41 Å². The fourth-order valence-corrected chi connectivity index (χ4v) is 2.76. The molecule has 3 nitrogen and oxygen atoms in total. The Hall–Kier alpha value is -0.570. The Labute approximate surface area is 72.2 Å². The minimum atomic E-state index is -0.0695. The van der Waals surface area contributed by atoms with Crippen LogP contribution < -0.4 is 5.32 Å². The average Bonchev–Trinajstić information content (AvgIpc) is 2.33. The molecular weight excluding hydrogens is 154 g/mol. The first-order valence-corrected chi connectivity index (χ1v) is 4.62. The molecule has 2 saturated carbocycles. The molecule has 0 aromatic heterocycles. The first kappa shape index (κ1) is 8.05. The van der Waals surface area contributed by atoms with Gasteiger partial charge in [-0.3, -0.25) is 4.79 Å². The van der Waals surface area contributed by atoms with E-state index in [1.54, 1.807) is 0 Å². The SMILES string of the molecule is O=CN[C@H]1CCC2(CC(O)C2)C1. The molecule has 0 aliphatic heterocycles. The van der Waals surface area contributed by atoms with Gasteiger partial charge in [-0.1, -0.05) is 0 Å². The van der Waals surface area contributed by atoms with Gasteiger partial charge in [0.25, 0.3) is 0 Å². The van der Waals surface area contributed by atoms with Crippen LogP contribution in [0.4, 0.5) is 0 Å². The summed E-state index contributed by atoms with van der Waals surface area (Å²) in [5.74, 6) is 0. The van der Waals surface area contributed by atoms with Crippen LogP contribution in [0.3, 0.4) is 0 Å². The summed E-state index contributed by atoms with van der Waals surface area (Å²) in [7, 11) is 0. The number of carbonyl (C=O) groups is 1. The molecule has 1 amide bonds. The van der Waals surface area contributed by atoms with E-state index in [0.29, 0.717) is 11.5 Å². The van der Waals surface area contributed by atoms with Gasteiger partial charge in [0.1, 0.15) is 0 Å². The third-order valence-corrected chi connectivity index (χ3v) is 3.34. The van der Waals surface area contributed by atoms with Gasteiger partial charge in [0.2, 0.25) is 6.41 Å². The van der Waals surface area contributed by atoms with Crippen LogP contribution in [0, 0.1) is 5.41 Å². The summed E-state index contributed by atoms with van der Waals surface area (Å²) >= 11 is 0. The van der Waals surface area contributed by atoms with Crippen LogP contribution in [0.25, 0.3) is 0 Å². The Kier molecular flexibility index (Phi) is 1.83. The molecule has 68 valence electrons. The fourth-order valence-electron chi connectivity index (χ4n) is 2.76. The van der Waals surface area contributed by atoms with E-state index in [0.717, 1.165) is 32.1 Å². The summed E-state index contributed by atoms with van der Waals surface area (Å²) in [4.78, 5) is 10.2. The highest BCUT2D eigenvalue weighted by Crippen LogP contribution is 2.52. The van der Waals surface area contributed by atoms with E-state index < -0.39 is 0 Å². The molecule has 2 aliphatic rings. The van der Waals surface area contributed by atoms with Gasteiger partial charge < -0.3 is 10.4 Å². The van der Waals surface area contributed by atoms with Crippen LogP contribution in [-0.2, 0) is 4.79 Å².